The molecule has 5 aliphatic rings. The molecule has 48 heavy (non-hydrogen) atoms. The summed E-state index contributed by atoms with van der Waals surface area (Å²) in [6.07, 6.45) is 6.08. The Morgan fingerprint density at radius 1 is 1.19 bits per heavy atom. The molecule has 6 unspecified atom stereocenters. The van der Waals surface area contributed by atoms with Crippen LogP contribution in [0.1, 0.15) is 92.2 Å². The molecule has 4 aromatic heterocycles. The van der Waals surface area contributed by atoms with Crippen molar-refractivity contribution >= 4 is 33.2 Å². The molecule has 2 aliphatic carbocycles. The van der Waals surface area contributed by atoms with E-state index in [-0.39, 0.29) is 18.1 Å². The van der Waals surface area contributed by atoms with Crippen molar-refractivity contribution in [3.8, 4) is 23.5 Å². The lowest BCUT2D eigenvalue weighted by Gasteiger charge is -2.42. The molecule has 1 spiro atoms. The number of halogens is 1. The zero-order valence-electron chi connectivity index (χ0n) is 27.5. The maximum absolute atomic E-state index is 15.3. The number of hydrogen-bond acceptors (Lipinski definition) is 12. The molecule has 9 rings (SSSR count). The zero-order chi connectivity index (χ0) is 33.1. The molecule has 0 bridgehead atoms. The fourth-order valence-electron chi connectivity index (χ4n) is 9.45. The van der Waals surface area contributed by atoms with E-state index in [9.17, 15) is 10.4 Å². The molecule has 0 saturated carbocycles. The number of alkyl halides is 1. The van der Waals surface area contributed by atoms with Crippen molar-refractivity contribution in [2.24, 2.45) is 0 Å². The molecule has 3 N–H and O–H groups in total. The Morgan fingerprint density at radius 2 is 2.00 bits per heavy atom. The van der Waals surface area contributed by atoms with Gasteiger partial charge in [0.05, 0.1) is 34.7 Å². The largest absolute Gasteiger partial charge is 0.474 e. The van der Waals surface area contributed by atoms with Gasteiger partial charge in [-0.05, 0) is 84.2 Å². The lowest BCUT2D eigenvalue weighted by molar-refractivity contribution is 0.0321. The van der Waals surface area contributed by atoms with Crippen LogP contribution in [0.25, 0.3) is 22.6 Å². The molecule has 12 nitrogen and oxygen atoms in total. The van der Waals surface area contributed by atoms with Crippen LogP contribution >= 0.6 is 11.3 Å². The first-order chi connectivity index (χ1) is 23.1. The van der Waals surface area contributed by atoms with Gasteiger partial charge in [-0.2, -0.15) is 5.26 Å². The monoisotopic (exact) mass is 673 g/mol. The number of aliphatic hydroxyl groups is 1. The number of aromatic nitrogens is 5. The Balaban J connectivity index is 1.25. The second-order valence-electron chi connectivity index (χ2n) is 14.8. The molecular weight excluding hydrogens is 633 g/mol. The van der Waals surface area contributed by atoms with E-state index >= 15 is 4.39 Å². The van der Waals surface area contributed by atoms with Gasteiger partial charge in [0.15, 0.2) is 22.9 Å². The number of piperidine rings is 1. The fraction of sp³-hybridized carbons (Fsp3) is 0.618. The SMILES string of the molecule is CC(C1C(F)CCN1C)n1nc2c3c(nc(-c4noc5c4CCCC54CCCc5sc(N)c(C#N)c54)nc31)N1CC(C)(O)CCC1CO2. The Morgan fingerprint density at radius 3 is 2.77 bits per heavy atom. The number of ether oxygens (including phenoxy) is 1. The summed E-state index contributed by atoms with van der Waals surface area (Å²) in [6, 6.07) is 1.68. The van der Waals surface area contributed by atoms with Crippen LogP contribution in [-0.2, 0) is 18.3 Å². The van der Waals surface area contributed by atoms with Gasteiger partial charge >= 0.3 is 0 Å². The second-order valence-corrected chi connectivity index (χ2v) is 16.0. The summed E-state index contributed by atoms with van der Waals surface area (Å²) in [5.74, 6) is 2.26. The molecule has 14 heteroatoms. The molecule has 6 atom stereocenters. The summed E-state index contributed by atoms with van der Waals surface area (Å²) in [5, 5.41) is 32.2. The van der Waals surface area contributed by atoms with Gasteiger partial charge in [0.25, 0.3) is 0 Å². The normalized spacial score (nSPS) is 30.4. The molecule has 2 saturated heterocycles. The highest BCUT2D eigenvalue weighted by Gasteiger charge is 2.49. The summed E-state index contributed by atoms with van der Waals surface area (Å²) >= 11 is 1.52. The third kappa shape index (κ3) is 4.23. The molecule has 7 heterocycles. The number of hydrogen-bond donors (Lipinski definition) is 2. The number of nitrogens with two attached hydrogens (primary N) is 1. The van der Waals surface area contributed by atoms with E-state index in [0.717, 1.165) is 66.7 Å². The van der Waals surface area contributed by atoms with E-state index in [0.29, 0.717) is 77.4 Å². The van der Waals surface area contributed by atoms with Crippen LogP contribution in [0, 0.1) is 11.3 Å². The van der Waals surface area contributed by atoms with Gasteiger partial charge in [-0.3, -0.25) is 4.90 Å². The third-order valence-corrected chi connectivity index (χ3v) is 12.8. The van der Waals surface area contributed by atoms with Gasteiger partial charge in [0.2, 0.25) is 5.88 Å². The highest BCUT2D eigenvalue weighted by atomic mass is 32.1. The van der Waals surface area contributed by atoms with Crippen molar-refractivity contribution in [1.82, 2.24) is 29.8 Å². The average molecular weight is 674 g/mol. The maximum Gasteiger partial charge on any atom is 0.246 e. The van der Waals surface area contributed by atoms with E-state index in [1.54, 1.807) is 4.68 Å². The Bertz CT molecular complexity index is 1980. The molecule has 0 aromatic carbocycles. The van der Waals surface area contributed by atoms with Gasteiger partial charge in [-0.1, -0.05) is 5.16 Å². The number of likely N-dealkylation sites (N-methyl/N-ethyl adjacent to an activating group) is 1. The van der Waals surface area contributed by atoms with Crippen LogP contribution in [-0.4, -0.2) is 85.5 Å². The van der Waals surface area contributed by atoms with Crippen LogP contribution in [0.15, 0.2) is 4.52 Å². The third-order valence-electron chi connectivity index (χ3n) is 11.7. The van der Waals surface area contributed by atoms with Gasteiger partial charge < -0.3 is 25.0 Å². The van der Waals surface area contributed by atoms with Crippen molar-refractivity contribution in [3.63, 3.8) is 0 Å². The predicted octanol–water partition coefficient (Wildman–Crippen LogP) is 4.67. The van der Waals surface area contributed by atoms with Gasteiger partial charge in [0.1, 0.15) is 35.1 Å². The molecule has 0 radical (unpaired) electrons. The van der Waals surface area contributed by atoms with Crippen LogP contribution in [0.5, 0.6) is 5.88 Å². The second kappa shape index (κ2) is 10.6. The van der Waals surface area contributed by atoms with E-state index in [1.807, 2.05) is 20.9 Å². The number of thiophene rings is 1. The molecular formula is C34H40FN9O3S. The zero-order valence-corrected chi connectivity index (χ0v) is 28.3. The van der Waals surface area contributed by atoms with Crippen LogP contribution < -0.4 is 15.4 Å². The number of anilines is 2. The Kier molecular flexibility index (Phi) is 6.68. The van der Waals surface area contributed by atoms with Crippen molar-refractivity contribution in [2.75, 3.05) is 37.4 Å². The van der Waals surface area contributed by atoms with Gasteiger partial charge in [0, 0.05) is 23.5 Å². The molecule has 0 amide bonds. The standard InChI is InChI=1S/C34H40FN9O3S/c1-17(26-21(35)9-13-42(26)3)44-31-23-30(43-16-33(2,45)12-8-18(43)15-46-32(23)40-44)38-29(39-31)25-19-6-4-10-34(27(19)47-41-25)11-5-7-22-24(34)20(14-36)28(37)48-22/h17-18,21,26,45H,4-13,15-16,37H2,1-3H3. The summed E-state index contributed by atoms with van der Waals surface area (Å²) in [4.78, 5) is 15.7. The summed E-state index contributed by atoms with van der Waals surface area (Å²) in [6.45, 7) is 5.29. The Hall–Kier alpha value is -3.80. The molecule has 2 fully saturated rings. The molecule has 3 aliphatic heterocycles. The summed E-state index contributed by atoms with van der Waals surface area (Å²) < 4.78 is 29.8. The number of nitrogens with zero attached hydrogens (tertiary/aromatic N) is 8. The minimum atomic E-state index is -0.993. The highest BCUT2D eigenvalue weighted by molar-refractivity contribution is 7.16. The van der Waals surface area contributed by atoms with E-state index in [2.05, 4.69) is 21.0 Å². The first-order valence-corrected chi connectivity index (χ1v) is 18.0. The summed E-state index contributed by atoms with van der Waals surface area (Å²) in [7, 11) is 1.95. The number of likely N-dealkylation sites (tertiary alicyclic amines) is 1. The fourth-order valence-corrected chi connectivity index (χ4v) is 10.6. The first-order valence-electron chi connectivity index (χ1n) is 17.2. The van der Waals surface area contributed by atoms with Crippen molar-refractivity contribution in [1.29, 1.82) is 5.26 Å². The van der Waals surface area contributed by atoms with Crippen LogP contribution in [0.4, 0.5) is 15.2 Å². The molecule has 4 aromatic rings. The lowest BCUT2D eigenvalue weighted by atomic mass is 9.63. The van der Waals surface area contributed by atoms with Crippen molar-refractivity contribution in [2.45, 2.75) is 107 Å². The minimum Gasteiger partial charge on any atom is -0.474 e. The van der Waals surface area contributed by atoms with Gasteiger partial charge in [-0.15, -0.1) is 16.4 Å². The van der Waals surface area contributed by atoms with Crippen molar-refractivity contribution in [3.05, 3.63) is 27.3 Å². The Labute approximate surface area is 281 Å². The number of aryl methyl sites for hydroxylation is 1. The topological polar surface area (TPSA) is 155 Å². The number of fused-ring (bicyclic) bond motifs is 6. The number of nitriles is 1. The maximum atomic E-state index is 15.3. The minimum absolute atomic E-state index is 0.00367. The highest BCUT2D eigenvalue weighted by Crippen LogP contribution is 2.55. The smallest absolute Gasteiger partial charge is 0.246 e. The number of nitrogen functional groups attached to an aromatic ring is 1. The van der Waals surface area contributed by atoms with E-state index in [4.69, 9.17) is 30.1 Å². The predicted molar refractivity (Wildman–Crippen MR) is 178 cm³/mol. The average Bonchev–Trinajstić information content (AvgIpc) is 3.81. The van der Waals surface area contributed by atoms with Crippen LogP contribution in [0.2, 0.25) is 0 Å². The lowest BCUT2D eigenvalue weighted by Crippen LogP contribution is -2.53. The summed E-state index contributed by atoms with van der Waals surface area (Å²) in [5.41, 5.74) is 8.66. The molecule has 252 valence electrons. The first kappa shape index (κ1) is 30.3. The van der Waals surface area contributed by atoms with Crippen molar-refractivity contribution < 1.29 is 18.8 Å². The van der Waals surface area contributed by atoms with Gasteiger partial charge in [-0.25, -0.2) is 19.0 Å². The quantitative estimate of drug-likeness (QED) is 0.312. The van der Waals surface area contributed by atoms with Crippen LogP contribution in [0.3, 0.4) is 0 Å². The van der Waals surface area contributed by atoms with E-state index in [1.165, 1.54) is 11.3 Å². The number of rotatable bonds is 3. The van der Waals surface area contributed by atoms with E-state index < -0.39 is 17.2 Å².